The number of benzene rings is 1. The number of halogens is 1. The molecule has 4 nitrogen and oxygen atoms in total. The Hall–Kier alpha value is -2.21. The normalized spacial score (nSPS) is 11.3. The number of rotatable bonds is 3. The number of aromatic nitrogens is 2. The van der Waals surface area contributed by atoms with Gasteiger partial charge < -0.3 is 5.32 Å². The summed E-state index contributed by atoms with van der Waals surface area (Å²) in [4.78, 5) is 13.7. The van der Waals surface area contributed by atoms with Crippen LogP contribution >= 0.6 is 11.3 Å². The first-order valence-corrected chi connectivity index (χ1v) is 7.83. The van der Waals surface area contributed by atoms with Crippen LogP contribution in [-0.4, -0.2) is 21.7 Å². The van der Waals surface area contributed by atoms with Gasteiger partial charge in [0.1, 0.15) is 10.6 Å². The molecule has 22 heavy (non-hydrogen) atoms. The zero-order valence-corrected chi connectivity index (χ0v) is 13.4. The Balaban J connectivity index is 2.07. The molecular weight excluding hydrogens is 301 g/mol. The summed E-state index contributed by atoms with van der Waals surface area (Å²) in [7, 11) is 0. The first-order chi connectivity index (χ1) is 10.5. The average molecular weight is 317 g/mol. The molecule has 3 aromatic rings. The van der Waals surface area contributed by atoms with E-state index in [0.29, 0.717) is 4.88 Å². The van der Waals surface area contributed by atoms with Crippen LogP contribution in [0.5, 0.6) is 0 Å². The van der Waals surface area contributed by atoms with Crippen LogP contribution in [-0.2, 0) is 0 Å². The van der Waals surface area contributed by atoms with E-state index in [-0.39, 0.29) is 17.8 Å². The van der Waals surface area contributed by atoms with E-state index in [1.807, 2.05) is 26.8 Å². The molecule has 0 aliphatic heterocycles. The molecule has 2 aromatic heterocycles. The number of fused-ring (bicyclic) bond motifs is 1. The van der Waals surface area contributed by atoms with Gasteiger partial charge in [0.15, 0.2) is 0 Å². The molecule has 0 saturated heterocycles. The number of carbonyl (C=O) groups is 1. The van der Waals surface area contributed by atoms with E-state index >= 15 is 0 Å². The molecule has 0 spiro atoms. The second kappa shape index (κ2) is 5.53. The third kappa shape index (κ3) is 2.62. The van der Waals surface area contributed by atoms with E-state index in [1.54, 1.807) is 16.8 Å². The van der Waals surface area contributed by atoms with Gasteiger partial charge in [-0.2, -0.15) is 5.10 Å². The highest BCUT2D eigenvalue weighted by Crippen LogP contribution is 2.30. The highest BCUT2D eigenvalue weighted by Gasteiger charge is 2.17. The van der Waals surface area contributed by atoms with Crippen LogP contribution in [0.4, 0.5) is 4.39 Å². The lowest BCUT2D eigenvalue weighted by Gasteiger charge is -2.06. The smallest absolute Gasteiger partial charge is 0.261 e. The monoisotopic (exact) mass is 317 g/mol. The molecule has 3 rings (SSSR count). The van der Waals surface area contributed by atoms with Crippen LogP contribution in [0.1, 0.15) is 29.2 Å². The molecule has 0 radical (unpaired) electrons. The van der Waals surface area contributed by atoms with Gasteiger partial charge in [0.2, 0.25) is 0 Å². The summed E-state index contributed by atoms with van der Waals surface area (Å²) >= 11 is 1.39. The van der Waals surface area contributed by atoms with Crippen LogP contribution in [0.15, 0.2) is 30.3 Å². The van der Waals surface area contributed by atoms with Crippen LogP contribution < -0.4 is 5.32 Å². The Kier molecular flexibility index (Phi) is 3.70. The van der Waals surface area contributed by atoms with E-state index in [1.165, 1.54) is 23.5 Å². The second-order valence-corrected chi connectivity index (χ2v) is 6.46. The predicted octanol–water partition coefficient (Wildman–Crippen LogP) is 3.67. The summed E-state index contributed by atoms with van der Waals surface area (Å²) in [6.07, 6.45) is 0. The number of aryl methyl sites for hydroxylation is 1. The minimum Gasteiger partial charge on any atom is -0.349 e. The van der Waals surface area contributed by atoms with Crippen molar-refractivity contribution >= 4 is 27.5 Å². The number of carbonyl (C=O) groups excluding carboxylic acids is 1. The van der Waals surface area contributed by atoms with Gasteiger partial charge in [0, 0.05) is 11.4 Å². The molecule has 2 heterocycles. The number of hydrogen-bond donors (Lipinski definition) is 1. The van der Waals surface area contributed by atoms with Crippen LogP contribution in [0.3, 0.4) is 0 Å². The Morgan fingerprint density at radius 2 is 2.00 bits per heavy atom. The molecule has 1 N–H and O–H groups in total. The Morgan fingerprint density at radius 3 is 2.64 bits per heavy atom. The first-order valence-electron chi connectivity index (χ1n) is 7.01. The van der Waals surface area contributed by atoms with E-state index in [0.717, 1.165) is 21.6 Å². The lowest BCUT2D eigenvalue weighted by molar-refractivity contribution is 0.0947. The fraction of sp³-hybridized carbons (Fsp3) is 0.250. The van der Waals surface area contributed by atoms with Gasteiger partial charge in [-0.15, -0.1) is 11.3 Å². The number of hydrogen-bond acceptors (Lipinski definition) is 3. The van der Waals surface area contributed by atoms with Gasteiger partial charge in [0.25, 0.3) is 5.91 Å². The van der Waals surface area contributed by atoms with Gasteiger partial charge in [-0.1, -0.05) is 0 Å². The van der Waals surface area contributed by atoms with Crippen molar-refractivity contribution in [1.82, 2.24) is 15.1 Å². The molecule has 0 saturated carbocycles. The van der Waals surface area contributed by atoms with Crippen LogP contribution in [0.2, 0.25) is 0 Å². The van der Waals surface area contributed by atoms with Gasteiger partial charge in [0.05, 0.1) is 16.3 Å². The maximum atomic E-state index is 13.1. The van der Waals surface area contributed by atoms with E-state index < -0.39 is 0 Å². The molecule has 6 heteroatoms. The quantitative estimate of drug-likeness (QED) is 0.801. The largest absolute Gasteiger partial charge is 0.349 e. The number of thiophene rings is 1. The molecule has 0 unspecified atom stereocenters. The third-order valence-corrected chi connectivity index (χ3v) is 4.37. The van der Waals surface area contributed by atoms with Crippen molar-refractivity contribution in [2.45, 2.75) is 26.8 Å². The minimum absolute atomic E-state index is 0.0822. The maximum Gasteiger partial charge on any atom is 0.261 e. The summed E-state index contributed by atoms with van der Waals surface area (Å²) in [5.74, 6) is -0.367. The lowest BCUT2D eigenvalue weighted by Crippen LogP contribution is -2.29. The number of amides is 1. The molecular formula is C16H16FN3OS. The van der Waals surface area contributed by atoms with Crippen LogP contribution in [0.25, 0.3) is 15.9 Å². The van der Waals surface area contributed by atoms with E-state index in [4.69, 9.17) is 0 Å². The standard InChI is InChI=1S/C16H16FN3OS/c1-9(2)18-15(21)14-8-13-10(3)19-20(16(13)22-14)12-6-4-11(17)5-7-12/h4-9H,1-3H3,(H,18,21). The molecule has 0 fully saturated rings. The first kappa shape index (κ1) is 14.7. The highest BCUT2D eigenvalue weighted by atomic mass is 32.1. The molecule has 0 bridgehead atoms. The Labute approximate surface area is 131 Å². The highest BCUT2D eigenvalue weighted by molar-refractivity contribution is 7.20. The number of nitrogens with zero attached hydrogens (tertiary/aromatic N) is 2. The van der Waals surface area contributed by atoms with Crippen molar-refractivity contribution in [3.8, 4) is 5.69 Å². The minimum atomic E-state index is -0.285. The molecule has 114 valence electrons. The van der Waals surface area contributed by atoms with Crippen molar-refractivity contribution in [2.24, 2.45) is 0 Å². The number of nitrogens with one attached hydrogen (secondary N) is 1. The maximum absolute atomic E-state index is 13.1. The summed E-state index contributed by atoms with van der Waals surface area (Å²) in [5, 5.41) is 8.32. The summed E-state index contributed by atoms with van der Waals surface area (Å²) in [6, 6.07) is 8.10. The van der Waals surface area contributed by atoms with Crippen molar-refractivity contribution in [3.05, 3.63) is 46.7 Å². The molecule has 0 aliphatic carbocycles. The topological polar surface area (TPSA) is 46.9 Å². The van der Waals surface area contributed by atoms with E-state index in [9.17, 15) is 9.18 Å². The summed E-state index contributed by atoms with van der Waals surface area (Å²) in [6.45, 7) is 5.76. The summed E-state index contributed by atoms with van der Waals surface area (Å²) < 4.78 is 14.8. The lowest BCUT2D eigenvalue weighted by atomic mass is 10.3. The summed E-state index contributed by atoms with van der Waals surface area (Å²) in [5.41, 5.74) is 1.62. The molecule has 1 amide bonds. The van der Waals surface area contributed by atoms with Crippen molar-refractivity contribution in [1.29, 1.82) is 0 Å². The molecule has 0 aliphatic rings. The predicted molar refractivity (Wildman–Crippen MR) is 86.2 cm³/mol. The van der Waals surface area contributed by atoms with Gasteiger partial charge in [-0.25, -0.2) is 9.07 Å². The molecule has 1 aromatic carbocycles. The zero-order chi connectivity index (χ0) is 15.9. The van der Waals surface area contributed by atoms with Gasteiger partial charge in [-0.3, -0.25) is 4.79 Å². The Morgan fingerprint density at radius 1 is 1.32 bits per heavy atom. The van der Waals surface area contributed by atoms with Gasteiger partial charge in [-0.05, 0) is 51.1 Å². The van der Waals surface area contributed by atoms with Crippen molar-refractivity contribution in [2.75, 3.05) is 0 Å². The van der Waals surface area contributed by atoms with Gasteiger partial charge >= 0.3 is 0 Å². The average Bonchev–Trinajstić information content (AvgIpc) is 3.00. The van der Waals surface area contributed by atoms with Crippen LogP contribution in [0, 0.1) is 12.7 Å². The van der Waals surface area contributed by atoms with Crippen molar-refractivity contribution in [3.63, 3.8) is 0 Å². The fourth-order valence-electron chi connectivity index (χ4n) is 2.25. The zero-order valence-electron chi connectivity index (χ0n) is 12.6. The SMILES string of the molecule is Cc1nn(-c2ccc(F)cc2)c2sc(C(=O)NC(C)C)cc12. The van der Waals surface area contributed by atoms with Crippen molar-refractivity contribution < 1.29 is 9.18 Å². The van der Waals surface area contributed by atoms with E-state index in [2.05, 4.69) is 10.4 Å². The molecule has 0 atom stereocenters. The third-order valence-electron chi connectivity index (χ3n) is 3.26. The fourth-order valence-corrected chi connectivity index (χ4v) is 3.34. The second-order valence-electron chi connectivity index (χ2n) is 5.43. The Bertz CT molecular complexity index is 833.